The van der Waals surface area contributed by atoms with Crippen molar-refractivity contribution in [2.24, 2.45) is 11.8 Å². The van der Waals surface area contributed by atoms with Crippen LogP contribution in [0.15, 0.2) is 25.3 Å². The van der Waals surface area contributed by atoms with Crippen LogP contribution >= 0.6 is 0 Å². The minimum Gasteiger partial charge on any atom is -0.381 e. The largest absolute Gasteiger partial charge is 0.460 e. The van der Waals surface area contributed by atoms with Crippen LogP contribution in [0.25, 0.3) is 0 Å². The molecule has 2 unspecified atom stereocenters. The second kappa shape index (κ2) is 20.5. The predicted octanol–water partition coefficient (Wildman–Crippen LogP) is 16.5. The number of ether oxygens (including phenoxy) is 1. The molecular weight excluding hydrogens is 1070 g/mol. The van der Waals surface area contributed by atoms with E-state index in [1.165, 1.54) is 0 Å². The highest BCUT2D eigenvalue weighted by molar-refractivity contribution is 5.17. The molecule has 0 aliphatic carbocycles. The molecule has 0 aromatic carbocycles. The molecule has 1 nitrogen and oxygen atoms in total. The predicted molar refractivity (Wildman–Crippen MR) is 166 cm³/mol. The minimum atomic E-state index is -8.83. The molecule has 412 valence electrons. The molecule has 0 aromatic rings. The molecule has 0 bridgehead atoms. The lowest BCUT2D eigenvalue weighted by molar-refractivity contribution is -0.463. The summed E-state index contributed by atoms with van der Waals surface area (Å²) in [5.41, 5.74) is 0. The number of halogens is 34. The Morgan fingerprint density at radius 3 is 0.681 bits per heavy atom. The lowest BCUT2D eigenvalue weighted by Crippen LogP contribution is -2.74. The average Bonchev–Trinajstić information content (AvgIpc) is 3.16. The van der Waals surface area contributed by atoms with Crippen molar-refractivity contribution in [3.63, 3.8) is 0 Å². The summed E-state index contributed by atoms with van der Waals surface area (Å²) in [6, 6.07) is 0. The second-order valence-corrected chi connectivity index (χ2v) is 14.9. The van der Waals surface area contributed by atoms with Gasteiger partial charge in [-0.05, 0) is 38.5 Å². The van der Waals surface area contributed by atoms with E-state index in [9.17, 15) is 149 Å². The first-order valence-corrected chi connectivity index (χ1v) is 18.3. The molecule has 0 aliphatic heterocycles. The van der Waals surface area contributed by atoms with Crippen LogP contribution < -0.4 is 0 Å². The fourth-order valence-corrected chi connectivity index (χ4v) is 5.81. The Labute approximate surface area is 364 Å². The van der Waals surface area contributed by atoms with E-state index in [-0.39, 0.29) is 12.2 Å². The van der Waals surface area contributed by atoms with Gasteiger partial charge in [-0.3, -0.25) is 0 Å². The van der Waals surface area contributed by atoms with E-state index < -0.39 is 185 Å². The molecule has 0 saturated heterocycles. The van der Waals surface area contributed by atoms with Crippen LogP contribution in [0.4, 0.5) is 149 Å². The average molecular weight is 1100 g/mol. The van der Waals surface area contributed by atoms with Gasteiger partial charge in [0, 0.05) is 25.0 Å². The maximum atomic E-state index is 14.8. The van der Waals surface area contributed by atoms with Crippen LogP contribution in [0.1, 0.15) is 64.2 Å². The Morgan fingerprint density at radius 1 is 0.275 bits per heavy atom. The van der Waals surface area contributed by atoms with Crippen LogP contribution in [0.2, 0.25) is 0 Å². The molecule has 0 aliphatic rings. The number of rotatable bonds is 30. The molecule has 0 spiro atoms. The van der Waals surface area contributed by atoms with Gasteiger partial charge in [-0.2, -0.15) is 149 Å². The molecule has 35 heteroatoms. The summed E-state index contributed by atoms with van der Waals surface area (Å²) in [6.07, 6.45) is -25.4. The monoisotopic (exact) mass is 1100 g/mol. The van der Waals surface area contributed by atoms with Gasteiger partial charge in [0.1, 0.15) is 0 Å². The van der Waals surface area contributed by atoms with E-state index in [1.807, 2.05) is 0 Å². The van der Waals surface area contributed by atoms with E-state index in [0.29, 0.717) is 0 Å². The topological polar surface area (TPSA) is 9.23 Å². The first kappa shape index (κ1) is 66.1. The maximum absolute atomic E-state index is 14.8. The number of hydrogen-bond donors (Lipinski definition) is 0. The minimum absolute atomic E-state index is 0.212. The smallest absolute Gasteiger partial charge is 0.381 e. The molecule has 69 heavy (non-hydrogen) atoms. The molecule has 0 amide bonds. The Kier molecular flexibility index (Phi) is 19.6. The lowest BCUT2D eigenvalue weighted by Gasteiger charge is -2.44. The van der Waals surface area contributed by atoms with E-state index in [0.717, 1.165) is 0 Å². The standard InChI is InChI=1S/C34H32F34O/c1-3-11-17(19(35,36)21(39,40)23(43,44)25(47,48)27(51,52)29(55,56)31(59,60)33(63,64)65)13-7-5-9-15-69-16-10-6-8-14-18(12-4-2)20(37,38)22(41,42)24(45,46)26(49,50)28(53,54)30(57,58)32(61,62)34(66,67)68/h3-4,17-18H,1-2,5-16H2. The van der Waals surface area contributed by atoms with E-state index in [2.05, 4.69) is 13.2 Å². The molecule has 0 N–H and O–H groups in total. The van der Waals surface area contributed by atoms with Crippen molar-refractivity contribution in [3.05, 3.63) is 25.3 Å². The Morgan fingerprint density at radius 2 is 0.478 bits per heavy atom. The van der Waals surface area contributed by atoms with Crippen molar-refractivity contribution in [1.82, 2.24) is 0 Å². The molecule has 2 atom stereocenters. The molecule has 0 aromatic heterocycles. The SMILES string of the molecule is C=CCC(CCCCCOCCCCCC(CC=C)C(F)(F)C(F)(F)C(F)(F)C(F)(F)C(F)(F)C(F)(F)C(F)(F)C(F)(F)F)C(F)(F)C(F)(F)C(F)(F)C(F)(F)C(F)(F)C(F)(F)C(F)(F)C(F)(F)F. The summed E-state index contributed by atoms with van der Waals surface area (Å²) in [6.45, 7) is 4.35. The summed E-state index contributed by atoms with van der Waals surface area (Å²) >= 11 is 0. The maximum Gasteiger partial charge on any atom is 0.460 e. The van der Waals surface area contributed by atoms with E-state index >= 15 is 0 Å². The third-order valence-corrected chi connectivity index (χ3v) is 10.1. The third kappa shape index (κ3) is 10.8. The fourth-order valence-electron chi connectivity index (χ4n) is 5.81. The third-order valence-electron chi connectivity index (χ3n) is 10.1. The van der Waals surface area contributed by atoms with Crippen molar-refractivity contribution in [2.75, 3.05) is 13.2 Å². The van der Waals surface area contributed by atoms with Crippen molar-refractivity contribution >= 4 is 0 Å². The van der Waals surface area contributed by atoms with Gasteiger partial charge in [0.2, 0.25) is 0 Å². The zero-order chi connectivity index (χ0) is 55.8. The highest BCUT2D eigenvalue weighted by Crippen LogP contribution is 2.67. The first-order valence-electron chi connectivity index (χ1n) is 18.3. The quantitative estimate of drug-likeness (QED) is 0.0396. The zero-order valence-electron chi connectivity index (χ0n) is 33.5. The van der Waals surface area contributed by atoms with Gasteiger partial charge in [0.25, 0.3) is 0 Å². The number of alkyl halides is 34. The van der Waals surface area contributed by atoms with Gasteiger partial charge in [-0.25, -0.2) is 0 Å². The molecular formula is C34H32F34O. The van der Waals surface area contributed by atoms with Crippen molar-refractivity contribution in [3.8, 4) is 0 Å². The summed E-state index contributed by atoms with van der Waals surface area (Å²) < 4.78 is 470. The van der Waals surface area contributed by atoms with Crippen LogP contribution in [0.3, 0.4) is 0 Å². The highest BCUT2D eigenvalue weighted by Gasteiger charge is 2.97. The van der Waals surface area contributed by atoms with Crippen LogP contribution in [-0.4, -0.2) is 108 Å². The Bertz CT molecular complexity index is 1550. The molecule has 0 fully saturated rings. The Hall–Kier alpha value is -2.94. The van der Waals surface area contributed by atoms with Crippen LogP contribution in [-0.2, 0) is 4.74 Å². The van der Waals surface area contributed by atoms with Crippen LogP contribution in [0, 0.1) is 11.8 Å². The van der Waals surface area contributed by atoms with Crippen molar-refractivity contribution in [2.45, 2.75) is 159 Å². The number of allylic oxidation sites excluding steroid dienone is 2. The Balaban J connectivity index is 5.75. The van der Waals surface area contributed by atoms with Crippen LogP contribution in [0.5, 0.6) is 0 Å². The summed E-state index contributed by atoms with van der Waals surface area (Å²) in [5.74, 6) is -123. The van der Waals surface area contributed by atoms with Crippen molar-refractivity contribution in [1.29, 1.82) is 0 Å². The van der Waals surface area contributed by atoms with Gasteiger partial charge in [0.05, 0.1) is 0 Å². The molecule has 0 radical (unpaired) electrons. The molecule has 0 saturated carbocycles. The van der Waals surface area contributed by atoms with E-state index in [4.69, 9.17) is 4.74 Å². The van der Waals surface area contributed by atoms with E-state index in [1.54, 1.807) is 0 Å². The molecule has 0 heterocycles. The first-order chi connectivity index (χ1) is 30.1. The van der Waals surface area contributed by atoms with Crippen molar-refractivity contribution < 1.29 is 154 Å². The number of hydrogen-bond acceptors (Lipinski definition) is 1. The fraction of sp³-hybridized carbons (Fsp3) is 0.882. The normalized spacial score (nSPS) is 16.7. The summed E-state index contributed by atoms with van der Waals surface area (Å²) in [7, 11) is 0. The van der Waals surface area contributed by atoms with Gasteiger partial charge in [0.15, 0.2) is 0 Å². The summed E-state index contributed by atoms with van der Waals surface area (Å²) in [4.78, 5) is 0. The lowest BCUT2D eigenvalue weighted by atomic mass is 9.82. The number of unbranched alkanes of at least 4 members (excludes halogenated alkanes) is 4. The van der Waals surface area contributed by atoms with Gasteiger partial charge >= 0.3 is 95.3 Å². The van der Waals surface area contributed by atoms with Gasteiger partial charge in [-0.1, -0.05) is 37.8 Å². The highest BCUT2D eigenvalue weighted by atomic mass is 19.4. The zero-order valence-corrected chi connectivity index (χ0v) is 33.5. The van der Waals surface area contributed by atoms with Gasteiger partial charge in [-0.15, -0.1) is 13.2 Å². The second-order valence-electron chi connectivity index (χ2n) is 14.9. The summed E-state index contributed by atoms with van der Waals surface area (Å²) in [5, 5.41) is 0. The molecule has 0 rings (SSSR count). The van der Waals surface area contributed by atoms with Gasteiger partial charge < -0.3 is 4.74 Å².